The Morgan fingerprint density at radius 3 is 2.58 bits per heavy atom. The van der Waals surface area contributed by atoms with Crippen molar-refractivity contribution in [3.63, 3.8) is 0 Å². The standard InChI is InChI=1S/C10H17BrS/c1-12-8-4-7-10(9-11)5-2-3-6-10/h2-3H,4-9H2,1H3. The van der Waals surface area contributed by atoms with Crippen molar-refractivity contribution >= 4 is 27.7 Å². The molecule has 0 heterocycles. The Labute approximate surface area is 88.3 Å². The maximum Gasteiger partial charge on any atom is 0.00939 e. The van der Waals surface area contributed by atoms with E-state index >= 15 is 0 Å². The highest BCUT2D eigenvalue weighted by Crippen LogP contribution is 2.39. The molecule has 0 aliphatic heterocycles. The van der Waals surface area contributed by atoms with Crippen LogP contribution in [-0.2, 0) is 0 Å². The predicted octanol–water partition coefficient (Wildman–Crippen LogP) is 3.86. The lowest BCUT2D eigenvalue weighted by Gasteiger charge is -2.26. The predicted molar refractivity (Wildman–Crippen MR) is 62.2 cm³/mol. The van der Waals surface area contributed by atoms with Gasteiger partial charge in [0.05, 0.1) is 0 Å². The van der Waals surface area contributed by atoms with Crippen molar-refractivity contribution in [1.29, 1.82) is 0 Å². The number of allylic oxidation sites excluding steroid dienone is 2. The van der Waals surface area contributed by atoms with Gasteiger partial charge in [-0.15, -0.1) is 0 Å². The second kappa shape index (κ2) is 5.33. The van der Waals surface area contributed by atoms with Crippen LogP contribution in [0.25, 0.3) is 0 Å². The van der Waals surface area contributed by atoms with Crippen LogP contribution in [0.3, 0.4) is 0 Å². The molecule has 0 saturated heterocycles. The van der Waals surface area contributed by atoms with Gasteiger partial charge in [0.1, 0.15) is 0 Å². The molecule has 0 nitrogen and oxygen atoms in total. The first-order chi connectivity index (χ1) is 5.83. The van der Waals surface area contributed by atoms with E-state index in [1.54, 1.807) is 0 Å². The van der Waals surface area contributed by atoms with Crippen LogP contribution in [0.1, 0.15) is 25.7 Å². The van der Waals surface area contributed by atoms with E-state index in [4.69, 9.17) is 0 Å². The third-order valence-corrected chi connectivity index (χ3v) is 4.49. The molecular weight excluding hydrogens is 232 g/mol. The molecule has 0 saturated carbocycles. The van der Waals surface area contributed by atoms with Crippen molar-refractivity contribution in [2.75, 3.05) is 17.3 Å². The molecule has 0 spiro atoms. The second-order valence-electron chi connectivity index (χ2n) is 3.61. The van der Waals surface area contributed by atoms with Crippen molar-refractivity contribution < 1.29 is 0 Å². The molecule has 0 fully saturated rings. The van der Waals surface area contributed by atoms with Gasteiger partial charge >= 0.3 is 0 Å². The lowest BCUT2D eigenvalue weighted by molar-refractivity contribution is 0.331. The van der Waals surface area contributed by atoms with E-state index in [-0.39, 0.29) is 0 Å². The Bertz CT molecular complexity index is 146. The van der Waals surface area contributed by atoms with Crippen LogP contribution in [0.2, 0.25) is 0 Å². The molecule has 0 aromatic carbocycles. The van der Waals surface area contributed by atoms with E-state index < -0.39 is 0 Å². The average molecular weight is 249 g/mol. The quantitative estimate of drug-likeness (QED) is 0.405. The molecule has 0 aromatic heterocycles. The van der Waals surface area contributed by atoms with E-state index in [0.29, 0.717) is 5.41 Å². The Morgan fingerprint density at radius 1 is 1.42 bits per heavy atom. The lowest BCUT2D eigenvalue weighted by atomic mass is 9.83. The largest absolute Gasteiger partial charge is 0.165 e. The van der Waals surface area contributed by atoms with Crippen LogP contribution in [0.4, 0.5) is 0 Å². The van der Waals surface area contributed by atoms with E-state index in [0.717, 1.165) is 0 Å². The third kappa shape index (κ3) is 2.81. The summed E-state index contributed by atoms with van der Waals surface area (Å²) in [5, 5.41) is 1.17. The van der Waals surface area contributed by atoms with Crippen LogP contribution in [0.5, 0.6) is 0 Å². The fourth-order valence-corrected chi connectivity index (χ4v) is 2.89. The van der Waals surface area contributed by atoms with Gasteiger partial charge in [0.25, 0.3) is 0 Å². The van der Waals surface area contributed by atoms with E-state index in [1.165, 1.54) is 36.8 Å². The maximum atomic E-state index is 3.64. The summed E-state index contributed by atoms with van der Waals surface area (Å²) in [6, 6.07) is 0. The normalized spacial score (nSPS) is 20.2. The number of rotatable bonds is 5. The maximum absolute atomic E-state index is 3.64. The number of hydrogen-bond donors (Lipinski definition) is 0. The Kier molecular flexibility index (Phi) is 4.73. The Balaban J connectivity index is 2.25. The highest BCUT2D eigenvalue weighted by Gasteiger charge is 2.28. The van der Waals surface area contributed by atoms with Crippen molar-refractivity contribution in [2.24, 2.45) is 5.41 Å². The van der Waals surface area contributed by atoms with Crippen LogP contribution in [0.15, 0.2) is 12.2 Å². The smallest absolute Gasteiger partial charge is 0.00939 e. The molecule has 0 bridgehead atoms. The average Bonchev–Trinajstić information content (AvgIpc) is 2.55. The van der Waals surface area contributed by atoms with Crippen LogP contribution in [-0.4, -0.2) is 17.3 Å². The molecule has 0 unspecified atom stereocenters. The molecule has 0 aromatic rings. The van der Waals surface area contributed by atoms with Gasteiger partial charge in [-0.2, -0.15) is 11.8 Å². The molecule has 1 rings (SSSR count). The molecule has 0 amide bonds. The monoisotopic (exact) mass is 248 g/mol. The third-order valence-electron chi connectivity index (χ3n) is 2.61. The summed E-state index contributed by atoms with van der Waals surface area (Å²) >= 11 is 5.60. The van der Waals surface area contributed by atoms with Gasteiger partial charge in [-0.1, -0.05) is 28.1 Å². The van der Waals surface area contributed by atoms with Crippen molar-refractivity contribution in [2.45, 2.75) is 25.7 Å². The molecule has 1 aliphatic rings. The molecular formula is C10H17BrS. The number of alkyl halides is 1. The van der Waals surface area contributed by atoms with Gasteiger partial charge in [0.15, 0.2) is 0 Å². The van der Waals surface area contributed by atoms with Crippen molar-refractivity contribution in [3.8, 4) is 0 Å². The summed E-state index contributed by atoms with van der Waals surface area (Å²) < 4.78 is 0. The molecule has 1 aliphatic carbocycles. The minimum absolute atomic E-state index is 0.579. The van der Waals surface area contributed by atoms with Crippen LogP contribution < -0.4 is 0 Å². The SMILES string of the molecule is CSCCCC1(CBr)CC=CC1. The van der Waals surface area contributed by atoms with Gasteiger partial charge < -0.3 is 0 Å². The van der Waals surface area contributed by atoms with Gasteiger partial charge in [0, 0.05) is 5.33 Å². The Morgan fingerprint density at radius 2 is 2.08 bits per heavy atom. The fraction of sp³-hybridized carbons (Fsp3) is 0.800. The number of halogens is 1. The first kappa shape index (κ1) is 10.6. The van der Waals surface area contributed by atoms with Crippen LogP contribution >= 0.6 is 27.7 Å². The van der Waals surface area contributed by atoms with Crippen molar-refractivity contribution in [3.05, 3.63) is 12.2 Å². The first-order valence-electron chi connectivity index (χ1n) is 4.53. The number of hydrogen-bond acceptors (Lipinski definition) is 1. The van der Waals surface area contributed by atoms with E-state index in [2.05, 4.69) is 34.3 Å². The second-order valence-corrected chi connectivity index (χ2v) is 5.16. The summed E-state index contributed by atoms with van der Waals surface area (Å²) in [5.74, 6) is 1.31. The zero-order valence-corrected chi connectivity index (χ0v) is 10.1. The van der Waals surface area contributed by atoms with Gasteiger partial charge in [-0.25, -0.2) is 0 Å². The highest BCUT2D eigenvalue weighted by molar-refractivity contribution is 9.09. The highest BCUT2D eigenvalue weighted by atomic mass is 79.9. The summed E-state index contributed by atoms with van der Waals surface area (Å²) in [6.07, 6.45) is 12.2. The minimum atomic E-state index is 0.579. The minimum Gasteiger partial charge on any atom is -0.165 e. The van der Waals surface area contributed by atoms with Gasteiger partial charge in [0.2, 0.25) is 0 Å². The topological polar surface area (TPSA) is 0 Å². The summed E-state index contributed by atoms with van der Waals surface area (Å²) in [6.45, 7) is 0. The molecule has 0 N–H and O–H groups in total. The van der Waals surface area contributed by atoms with Gasteiger partial charge in [-0.3, -0.25) is 0 Å². The molecule has 70 valence electrons. The molecule has 2 heteroatoms. The van der Waals surface area contributed by atoms with Crippen LogP contribution in [0, 0.1) is 5.41 Å². The summed E-state index contributed by atoms with van der Waals surface area (Å²) in [7, 11) is 0. The van der Waals surface area contributed by atoms with Gasteiger partial charge in [-0.05, 0) is 43.1 Å². The Hall–Kier alpha value is 0.570. The molecule has 0 atom stereocenters. The van der Waals surface area contributed by atoms with E-state index in [1.807, 2.05) is 11.8 Å². The molecule has 12 heavy (non-hydrogen) atoms. The molecule has 0 radical (unpaired) electrons. The zero-order valence-electron chi connectivity index (χ0n) is 7.68. The fourth-order valence-electron chi connectivity index (χ4n) is 1.72. The summed E-state index contributed by atoms with van der Waals surface area (Å²) in [5.41, 5.74) is 0.579. The summed E-state index contributed by atoms with van der Waals surface area (Å²) in [4.78, 5) is 0. The number of thioether (sulfide) groups is 1. The van der Waals surface area contributed by atoms with Crippen molar-refractivity contribution in [1.82, 2.24) is 0 Å². The zero-order chi connectivity index (χ0) is 8.86. The van der Waals surface area contributed by atoms with E-state index in [9.17, 15) is 0 Å². The lowest BCUT2D eigenvalue weighted by Crippen LogP contribution is -2.18. The first-order valence-corrected chi connectivity index (χ1v) is 7.04.